The van der Waals surface area contributed by atoms with Crippen LogP contribution in [0.1, 0.15) is 109 Å². The summed E-state index contributed by atoms with van der Waals surface area (Å²) in [7, 11) is 2.00. The van der Waals surface area contributed by atoms with Crippen LogP contribution in [0.25, 0.3) is 0 Å². The minimum Gasteiger partial charge on any atom is -0.444 e. The van der Waals surface area contributed by atoms with E-state index in [1.165, 1.54) is 17.7 Å². The van der Waals surface area contributed by atoms with Crippen molar-refractivity contribution in [3.8, 4) is 0 Å². The topological polar surface area (TPSA) is 226 Å². The molecule has 2 spiro atoms. The van der Waals surface area contributed by atoms with Gasteiger partial charge in [-0.1, -0.05) is 26.0 Å². The van der Waals surface area contributed by atoms with E-state index in [1.807, 2.05) is 46.4 Å². The van der Waals surface area contributed by atoms with Crippen LogP contribution in [0.4, 0.5) is 22.5 Å². The largest absolute Gasteiger partial charge is 0.577 e. The van der Waals surface area contributed by atoms with Crippen molar-refractivity contribution in [3.63, 3.8) is 0 Å². The average Bonchev–Trinajstić information content (AvgIpc) is 3.28. The molecule has 1 aromatic carbocycles. The van der Waals surface area contributed by atoms with Crippen LogP contribution in [0.2, 0.25) is 0 Å². The van der Waals surface area contributed by atoms with Gasteiger partial charge in [-0.25, -0.2) is 9.59 Å². The number of imide groups is 1. The molecule has 0 aromatic heterocycles. The molecule has 3 aliphatic heterocycles. The molecule has 4 amide bonds. The summed E-state index contributed by atoms with van der Waals surface area (Å²) in [6.07, 6.45) is 4.13. The van der Waals surface area contributed by atoms with Gasteiger partial charge in [0.25, 0.3) is 11.8 Å². The third-order valence-corrected chi connectivity index (χ3v) is 10.5. The maximum Gasteiger partial charge on any atom is 0.577 e. The van der Waals surface area contributed by atoms with Crippen LogP contribution in [-0.4, -0.2) is 122 Å². The highest BCUT2D eigenvalue weighted by Crippen LogP contribution is 2.55. The van der Waals surface area contributed by atoms with Crippen LogP contribution in [0.3, 0.4) is 0 Å². The third-order valence-electron chi connectivity index (χ3n) is 10.5. The lowest BCUT2D eigenvalue weighted by Gasteiger charge is -2.60. The Hall–Kier alpha value is -2.68. The monoisotopic (exact) mass is 881 g/mol. The molecule has 4 fully saturated rings. The number of hydrogen-bond donors (Lipinski definition) is 4. The SMILES string of the molecule is CCO.C[C@H](CN)C1CC2(C1)CN(C(=O)OC(C)(C)C)C2.C[C@H](CN1C(=O)c2ccccc2C1=O)C1CC2(C1)CN(C(=O)OC(C)(C)C)C2.F[B]F.NN.O.S.S.[B]F. The van der Waals surface area contributed by atoms with Gasteiger partial charge in [-0.3, -0.25) is 34.8 Å². The van der Waals surface area contributed by atoms with Crippen molar-refractivity contribution in [1.29, 1.82) is 0 Å². The third kappa shape index (κ3) is 17.0. The van der Waals surface area contributed by atoms with Crippen molar-refractivity contribution < 1.29 is 52.2 Å². The van der Waals surface area contributed by atoms with Crippen molar-refractivity contribution in [1.82, 2.24) is 14.7 Å². The summed E-state index contributed by atoms with van der Waals surface area (Å²) in [5.74, 6) is 9.75. The second kappa shape index (κ2) is 26.6. The van der Waals surface area contributed by atoms with Crippen molar-refractivity contribution in [2.24, 2.45) is 51.9 Å². The highest BCUT2D eigenvalue weighted by molar-refractivity contribution is 7.59. The second-order valence-corrected chi connectivity index (χ2v) is 17.4. The second-order valence-electron chi connectivity index (χ2n) is 17.4. The average molecular weight is 882 g/mol. The molecule has 3 radical (unpaired) electrons. The molecule has 9 N–H and O–H groups in total. The lowest BCUT2D eigenvalue weighted by atomic mass is 9.55. The molecule has 2 atom stereocenters. The summed E-state index contributed by atoms with van der Waals surface area (Å²) in [6.45, 7) is 22.1. The van der Waals surface area contributed by atoms with Crippen molar-refractivity contribution in [3.05, 3.63) is 35.4 Å². The number of benzene rings is 1. The Balaban J connectivity index is -0.000000879. The van der Waals surface area contributed by atoms with Gasteiger partial charge < -0.3 is 39.9 Å². The highest BCUT2D eigenvalue weighted by Gasteiger charge is 2.56. The molecule has 1 aromatic rings. The number of amides is 4. The number of carbonyl (C=O) groups is 4. The number of hydrazine groups is 1. The Morgan fingerprint density at radius 2 is 1.10 bits per heavy atom. The first-order valence-electron chi connectivity index (χ1n) is 19.0. The first kappa shape index (κ1) is 60.6. The molecule has 14 nitrogen and oxygen atoms in total. The van der Waals surface area contributed by atoms with Crippen LogP contribution in [0.5, 0.6) is 0 Å². The van der Waals surface area contributed by atoms with Gasteiger partial charge in [0.05, 0.1) is 11.1 Å². The molecular formula is C38H70B2F3N6O8S2. The predicted octanol–water partition coefficient (Wildman–Crippen LogP) is 4.51. The van der Waals surface area contributed by atoms with E-state index < -0.39 is 19.0 Å². The molecule has 3 heterocycles. The number of likely N-dealkylation sites (tertiary alicyclic amines) is 2. The van der Waals surface area contributed by atoms with Crippen LogP contribution < -0.4 is 17.4 Å². The predicted molar refractivity (Wildman–Crippen MR) is 235 cm³/mol. The maximum absolute atomic E-state index is 12.5. The van der Waals surface area contributed by atoms with Crippen molar-refractivity contribution >= 4 is 66.9 Å². The van der Waals surface area contributed by atoms with Crippen molar-refractivity contribution in [2.75, 3.05) is 45.9 Å². The molecule has 0 bridgehead atoms. The number of nitrogens with two attached hydrogens (primary N) is 3. The summed E-state index contributed by atoms with van der Waals surface area (Å²) in [5, 5.41) is 7.57. The fraction of sp³-hybridized carbons (Fsp3) is 0.737. The Morgan fingerprint density at radius 3 is 1.37 bits per heavy atom. The standard InChI is InChI=1S/C22H28N2O4.C14H26N2O2.C2H6O.BF2.BF.H4N2.H2O.2H2S/c1-14(11-24-18(25)16-7-5-6-8-17(16)19(24)26)15-9-22(10-15)12-23(13-22)20(27)28-21(2,3)4;1-10(7-15)11-5-14(6-11)8-16(9-14)12(17)18-13(2,3)4;1-2-3;2-1-3;2*1-2;;;/h5-8,14-15H,9-13H2,1-4H3;10-11H,5-9,15H2,1-4H3;3H,2H2,1H3;;;1-2H2;3*1H2/t14-;10-;;;;;;;/m11......./s1. The Bertz CT molecular complexity index is 1390. The zero-order valence-electron chi connectivity index (χ0n) is 36.2. The van der Waals surface area contributed by atoms with E-state index in [0.717, 1.165) is 51.5 Å². The fourth-order valence-electron chi connectivity index (χ4n) is 7.90. The van der Waals surface area contributed by atoms with E-state index >= 15 is 0 Å². The van der Waals surface area contributed by atoms with Gasteiger partial charge in [0.2, 0.25) is 0 Å². The first-order valence-corrected chi connectivity index (χ1v) is 19.0. The van der Waals surface area contributed by atoms with Crippen LogP contribution in [0.15, 0.2) is 24.3 Å². The van der Waals surface area contributed by atoms with Crippen LogP contribution >= 0.6 is 27.0 Å². The molecule has 21 heteroatoms. The van der Waals surface area contributed by atoms with E-state index in [0.29, 0.717) is 34.9 Å². The Morgan fingerprint density at radius 1 is 0.814 bits per heavy atom. The first-order chi connectivity index (χ1) is 26.2. The number of hydrogen-bond acceptors (Lipinski definition) is 10. The summed E-state index contributed by atoms with van der Waals surface area (Å²) < 4.78 is 38.8. The Kier molecular flexibility index (Phi) is 27.3. The fourth-order valence-corrected chi connectivity index (χ4v) is 7.90. The van der Waals surface area contributed by atoms with Gasteiger partial charge in [0.15, 0.2) is 0 Å². The smallest absolute Gasteiger partial charge is 0.444 e. The van der Waals surface area contributed by atoms with E-state index in [-0.39, 0.29) is 74.4 Å². The lowest BCUT2D eigenvalue weighted by Crippen LogP contribution is -2.65. The molecule has 6 rings (SSSR count). The maximum atomic E-state index is 12.5. The zero-order chi connectivity index (χ0) is 43.2. The summed E-state index contributed by atoms with van der Waals surface area (Å²) >= 11 is 0. The van der Waals surface area contributed by atoms with E-state index in [9.17, 15) is 27.8 Å². The summed E-state index contributed by atoms with van der Waals surface area (Å²) in [6, 6.07) is 7.02. The summed E-state index contributed by atoms with van der Waals surface area (Å²) in [5.41, 5.74) is 6.45. The van der Waals surface area contributed by atoms with Crippen LogP contribution in [-0.2, 0) is 9.47 Å². The minimum atomic E-state index is -1.00. The summed E-state index contributed by atoms with van der Waals surface area (Å²) in [4.78, 5) is 54.0. The number of ether oxygens (including phenoxy) is 2. The van der Waals surface area contributed by atoms with E-state index in [4.69, 9.17) is 24.6 Å². The van der Waals surface area contributed by atoms with Gasteiger partial charge in [-0.2, -0.15) is 27.0 Å². The van der Waals surface area contributed by atoms with Gasteiger partial charge in [0.1, 0.15) is 11.2 Å². The molecule has 5 aliphatic rings. The van der Waals surface area contributed by atoms with E-state index in [1.54, 1.807) is 36.1 Å². The number of carbonyl (C=O) groups excluding carboxylic acids is 4. The number of halogens is 3. The Labute approximate surface area is 365 Å². The van der Waals surface area contributed by atoms with E-state index in [2.05, 4.69) is 33.7 Å². The quantitative estimate of drug-likeness (QED) is 0.140. The molecular weight excluding hydrogens is 811 g/mol. The number of aliphatic hydroxyl groups is 1. The van der Waals surface area contributed by atoms with Gasteiger partial charge in [-0.05, 0) is 116 Å². The number of rotatable bonds is 5. The number of aliphatic hydroxyl groups excluding tert-OH is 1. The molecule has 339 valence electrons. The minimum absolute atomic E-state index is 0. The lowest BCUT2D eigenvalue weighted by molar-refractivity contribution is -0.107. The molecule has 59 heavy (non-hydrogen) atoms. The molecule has 2 aliphatic carbocycles. The number of nitrogens with zero attached hydrogens (tertiary/aromatic N) is 3. The van der Waals surface area contributed by atoms with Gasteiger partial charge in [0, 0.05) is 50.2 Å². The molecule has 2 saturated carbocycles. The van der Waals surface area contributed by atoms with Gasteiger partial charge in [-0.15, -0.1) is 0 Å². The van der Waals surface area contributed by atoms with Crippen LogP contribution in [0, 0.1) is 34.5 Å². The van der Waals surface area contributed by atoms with Gasteiger partial charge >= 0.3 is 28.1 Å². The van der Waals surface area contributed by atoms with Crippen molar-refractivity contribution in [2.45, 2.75) is 99.2 Å². The zero-order valence-corrected chi connectivity index (χ0v) is 38.2. The number of fused-ring (bicyclic) bond motifs is 1. The highest BCUT2D eigenvalue weighted by atomic mass is 32.1. The molecule has 0 unspecified atom stereocenters. The normalized spacial score (nSPS) is 19.5. The molecule has 2 saturated heterocycles.